The fraction of sp³-hybridized carbons (Fsp3) is 0.211. The first-order valence-corrected chi connectivity index (χ1v) is 8.09. The fourth-order valence-electron chi connectivity index (χ4n) is 3.09. The molecular formula is C19H15FN2O3. The van der Waals surface area contributed by atoms with Crippen LogP contribution in [0.5, 0.6) is 0 Å². The van der Waals surface area contributed by atoms with Gasteiger partial charge in [-0.25, -0.2) is 9.18 Å². The number of hydrogen-bond donors (Lipinski definition) is 0. The first kappa shape index (κ1) is 15.5. The highest BCUT2D eigenvalue weighted by atomic mass is 19.1. The summed E-state index contributed by atoms with van der Waals surface area (Å²) in [7, 11) is 0. The molecule has 2 aromatic carbocycles. The zero-order valence-corrected chi connectivity index (χ0v) is 13.4. The Labute approximate surface area is 142 Å². The van der Waals surface area contributed by atoms with E-state index in [2.05, 4.69) is 5.10 Å². The maximum Gasteiger partial charge on any atom is 0.437 e. The molecule has 1 heterocycles. The molecule has 1 aliphatic carbocycles. The number of rotatable bonds is 4. The van der Waals surface area contributed by atoms with Crippen LogP contribution in [-0.4, -0.2) is 15.6 Å². The van der Waals surface area contributed by atoms with Crippen molar-refractivity contribution in [1.82, 2.24) is 9.78 Å². The summed E-state index contributed by atoms with van der Waals surface area (Å²) in [6.07, 6.45) is 3.14. The summed E-state index contributed by atoms with van der Waals surface area (Å²) in [5, 5.41) is 4.04. The van der Waals surface area contributed by atoms with E-state index >= 15 is 0 Å². The summed E-state index contributed by atoms with van der Waals surface area (Å²) in [5.74, 6) is -1.24. The normalized spacial score (nSPS) is 13.0. The molecule has 0 fully saturated rings. The number of carbonyl (C=O) groups excluding carboxylic acids is 1. The molecule has 126 valence electrons. The third-order valence-electron chi connectivity index (χ3n) is 4.41. The van der Waals surface area contributed by atoms with Crippen molar-refractivity contribution >= 4 is 5.78 Å². The molecule has 0 unspecified atom stereocenters. The van der Waals surface area contributed by atoms with Crippen LogP contribution in [0.15, 0.2) is 51.7 Å². The van der Waals surface area contributed by atoms with Gasteiger partial charge < -0.3 is 4.42 Å². The second-order valence-electron chi connectivity index (χ2n) is 6.10. The molecule has 0 aliphatic heterocycles. The molecular weight excluding hydrogens is 323 g/mol. The number of aromatic nitrogens is 2. The zero-order chi connectivity index (χ0) is 17.4. The van der Waals surface area contributed by atoms with Crippen LogP contribution < -0.4 is 5.76 Å². The predicted octanol–water partition coefficient (Wildman–Crippen LogP) is 3.01. The van der Waals surface area contributed by atoms with Crippen molar-refractivity contribution in [3.63, 3.8) is 0 Å². The van der Waals surface area contributed by atoms with Gasteiger partial charge in [0.25, 0.3) is 0 Å². The van der Waals surface area contributed by atoms with Crippen LogP contribution in [0.3, 0.4) is 0 Å². The lowest BCUT2D eigenvalue weighted by Gasteiger charge is -2.03. The predicted molar refractivity (Wildman–Crippen MR) is 89.0 cm³/mol. The van der Waals surface area contributed by atoms with Crippen molar-refractivity contribution in [2.24, 2.45) is 0 Å². The maximum absolute atomic E-state index is 13.0. The molecule has 0 N–H and O–H groups in total. The lowest BCUT2D eigenvalue weighted by molar-refractivity contribution is 0.0965. The van der Waals surface area contributed by atoms with Crippen LogP contribution in [0.1, 0.15) is 27.9 Å². The third-order valence-corrected chi connectivity index (χ3v) is 4.41. The summed E-state index contributed by atoms with van der Waals surface area (Å²) >= 11 is 0. The minimum absolute atomic E-state index is 0.0618. The molecule has 6 heteroatoms. The quantitative estimate of drug-likeness (QED) is 0.686. The molecule has 1 aliphatic rings. The molecule has 0 bridgehead atoms. The molecule has 0 spiro atoms. The molecule has 0 saturated carbocycles. The van der Waals surface area contributed by atoms with Crippen LogP contribution in [0.4, 0.5) is 4.39 Å². The van der Waals surface area contributed by atoms with E-state index in [-0.39, 0.29) is 18.2 Å². The van der Waals surface area contributed by atoms with Crippen LogP contribution in [0.2, 0.25) is 0 Å². The molecule has 3 aromatic rings. The number of aryl methyl sites for hydroxylation is 2. The Morgan fingerprint density at radius 2 is 1.88 bits per heavy atom. The van der Waals surface area contributed by atoms with Gasteiger partial charge in [-0.3, -0.25) is 4.79 Å². The largest absolute Gasteiger partial charge is 0.437 e. The third kappa shape index (κ3) is 3.03. The first-order valence-electron chi connectivity index (χ1n) is 8.09. The summed E-state index contributed by atoms with van der Waals surface area (Å²) in [4.78, 5) is 24.4. The van der Waals surface area contributed by atoms with Gasteiger partial charge in [0.15, 0.2) is 5.78 Å². The molecule has 4 rings (SSSR count). The van der Waals surface area contributed by atoms with E-state index in [1.807, 2.05) is 12.1 Å². The smallest absolute Gasteiger partial charge is 0.388 e. The Morgan fingerprint density at radius 1 is 1.12 bits per heavy atom. The molecule has 0 amide bonds. The monoisotopic (exact) mass is 338 g/mol. The summed E-state index contributed by atoms with van der Waals surface area (Å²) in [6, 6.07) is 11.1. The van der Waals surface area contributed by atoms with Crippen molar-refractivity contribution in [2.75, 3.05) is 0 Å². The van der Waals surface area contributed by atoms with Crippen LogP contribution in [0, 0.1) is 5.82 Å². The van der Waals surface area contributed by atoms with Crippen molar-refractivity contribution in [2.45, 2.75) is 25.8 Å². The van der Waals surface area contributed by atoms with Crippen molar-refractivity contribution < 1.29 is 13.6 Å². The van der Waals surface area contributed by atoms with Crippen molar-refractivity contribution in [3.05, 3.63) is 75.5 Å². The van der Waals surface area contributed by atoms with Gasteiger partial charge in [0, 0.05) is 11.1 Å². The van der Waals surface area contributed by atoms with Crippen molar-refractivity contribution in [1.29, 1.82) is 0 Å². The van der Waals surface area contributed by atoms with Gasteiger partial charge in [-0.1, -0.05) is 12.1 Å². The van der Waals surface area contributed by atoms with Gasteiger partial charge in [-0.15, -0.1) is 5.10 Å². The molecule has 0 radical (unpaired) electrons. The number of benzene rings is 2. The maximum atomic E-state index is 13.0. The SMILES string of the molecule is O=C(Cn1nc(-c2ccc(F)cc2)oc1=O)c1ccc2c(c1)CCC2. The molecule has 25 heavy (non-hydrogen) atoms. The van der Waals surface area contributed by atoms with E-state index in [0.29, 0.717) is 11.1 Å². The first-order chi connectivity index (χ1) is 12.1. The number of carbonyl (C=O) groups is 1. The lowest BCUT2D eigenvalue weighted by atomic mass is 10.0. The number of nitrogens with zero attached hydrogens (tertiary/aromatic N) is 2. The average molecular weight is 338 g/mol. The van der Waals surface area contributed by atoms with E-state index in [9.17, 15) is 14.0 Å². The van der Waals surface area contributed by atoms with Gasteiger partial charge in [0.2, 0.25) is 5.89 Å². The summed E-state index contributed by atoms with van der Waals surface area (Å²) in [6.45, 7) is -0.192. The molecule has 0 saturated heterocycles. The van der Waals surface area contributed by atoms with E-state index in [1.54, 1.807) is 6.07 Å². The summed E-state index contributed by atoms with van der Waals surface area (Å²) in [5.41, 5.74) is 3.53. The Hall–Kier alpha value is -3.02. The van der Waals surface area contributed by atoms with Gasteiger partial charge >= 0.3 is 5.76 Å². The Kier molecular flexibility index (Phi) is 3.80. The van der Waals surface area contributed by atoms with Crippen LogP contribution in [0.25, 0.3) is 11.5 Å². The fourth-order valence-corrected chi connectivity index (χ4v) is 3.09. The topological polar surface area (TPSA) is 65.1 Å². The summed E-state index contributed by atoms with van der Waals surface area (Å²) < 4.78 is 19.0. The number of Topliss-reactive ketones (excluding diaryl/α,β-unsaturated/α-hetero) is 1. The number of fused-ring (bicyclic) bond motifs is 1. The van der Waals surface area contributed by atoms with Gasteiger partial charge in [-0.2, -0.15) is 4.68 Å². The molecule has 0 atom stereocenters. The number of ketones is 1. The van der Waals surface area contributed by atoms with Crippen molar-refractivity contribution in [3.8, 4) is 11.5 Å². The van der Waals surface area contributed by atoms with Crippen LogP contribution in [-0.2, 0) is 19.4 Å². The van der Waals surface area contributed by atoms with Gasteiger partial charge in [0.05, 0.1) is 0 Å². The lowest BCUT2D eigenvalue weighted by Crippen LogP contribution is -2.21. The Balaban J connectivity index is 1.57. The second-order valence-corrected chi connectivity index (χ2v) is 6.10. The highest BCUT2D eigenvalue weighted by molar-refractivity contribution is 5.96. The van der Waals surface area contributed by atoms with E-state index in [0.717, 1.165) is 23.9 Å². The average Bonchev–Trinajstić information content (AvgIpc) is 3.21. The molecule has 1 aromatic heterocycles. The number of hydrogen-bond acceptors (Lipinski definition) is 4. The minimum Gasteiger partial charge on any atom is -0.388 e. The highest BCUT2D eigenvalue weighted by Crippen LogP contribution is 2.23. The van der Waals surface area contributed by atoms with Gasteiger partial charge in [-0.05, 0) is 60.7 Å². The second kappa shape index (κ2) is 6.12. The molecule has 5 nitrogen and oxygen atoms in total. The highest BCUT2D eigenvalue weighted by Gasteiger charge is 2.17. The Bertz CT molecular complexity index is 1000. The standard InChI is InChI=1S/C19H15FN2O3/c20-16-8-6-13(7-9-16)18-21-22(19(24)25-18)11-17(23)15-5-4-12-2-1-3-14(12)10-15/h4-10H,1-3,11H2. The van der Waals surface area contributed by atoms with E-state index in [1.165, 1.54) is 35.4 Å². The Morgan fingerprint density at radius 3 is 2.68 bits per heavy atom. The van der Waals surface area contributed by atoms with Crippen LogP contribution >= 0.6 is 0 Å². The van der Waals surface area contributed by atoms with Gasteiger partial charge in [0.1, 0.15) is 12.4 Å². The van der Waals surface area contributed by atoms with E-state index < -0.39 is 11.6 Å². The minimum atomic E-state index is -0.714. The zero-order valence-electron chi connectivity index (χ0n) is 13.4. The van der Waals surface area contributed by atoms with E-state index in [4.69, 9.17) is 4.42 Å². The number of halogens is 1.